The molecule has 0 aliphatic carbocycles. The van der Waals surface area contributed by atoms with Crippen LogP contribution in [0.25, 0.3) is 17.0 Å². The topological polar surface area (TPSA) is 84.8 Å². The van der Waals surface area contributed by atoms with Crippen molar-refractivity contribution in [3.63, 3.8) is 0 Å². The molecule has 2 heterocycles. The molecule has 2 N–H and O–H groups in total. The van der Waals surface area contributed by atoms with Crippen LogP contribution in [-0.4, -0.2) is 67.8 Å². The average Bonchev–Trinajstić information content (AvgIpc) is 3.19. The molecule has 0 atom stereocenters. The smallest absolute Gasteiger partial charge is 0.267 e. The molecule has 2 aromatic carbocycles. The van der Waals surface area contributed by atoms with Gasteiger partial charge < -0.3 is 24.7 Å². The largest absolute Gasteiger partial charge is 0.496 e. The first kappa shape index (κ1) is 23.5. The number of para-hydroxylation sites is 2. The lowest BCUT2D eigenvalue weighted by Gasteiger charge is -2.26. The summed E-state index contributed by atoms with van der Waals surface area (Å²) in [6.07, 6.45) is 3.67. The number of morpholine rings is 1. The molecule has 8 nitrogen and oxygen atoms in total. The monoisotopic (exact) mass is 462 g/mol. The number of carbonyl (C=O) groups excluding carboxylic acids is 2. The fraction of sp³-hybridized carbons (Fsp3) is 0.308. The highest BCUT2D eigenvalue weighted by Crippen LogP contribution is 2.23. The maximum atomic E-state index is 13.2. The molecule has 34 heavy (non-hydrogen) atoms. The maximum absolute atomic E-state index is 13.2. The van der Waals surface area contributed by atoms with E-state index in [2.05, 4.69) is 15.5 Å². The SMILES string of the molecule is COc1ccccc1C(=O)NC(=Cc1cn(C)c2ccccc12)C(=O)NCCN1CCOCC1. The summed E-state index contributed by atoms with van der Waals surface area (Å²) in [5.41, 5.74) is 2.41. The van der Waals surface area contributed by atoms with Gasteiger partial charge in [0.05, 0.1) is 25.9 Å². The normalized spacial score (nSPS) is 14.7. The van der Waals surface area contributed by atoms with Crippen LogP contribution in [-0.2, 0) is 16.6 Å². The summed E-state index contributed by atoms with van der Waals surface area (Å²) in [5, 5.41) is 6.75. The third-order valence-electron chi connectivity index (χ3n) is 5.89. The van der Waals surface area contributed by atoms with Gasteiger partial charge in [-0.15, -0.1) is 0 Å². The van der Waals surface area contributed by atoms with Crippen molar-refractivity contribution in [3.05, 3.63) is 71.6 Å². The number of nitrogens with one attached hydrogen (secondary N) is 2. The highest BCUT2D eigenvalue weighted by atomic mass is 16.5. The van der Waals surface area contributed by atoms with Crippen molar-refractivity contribution >= 4 is 28.8 Å². The number of amides is 2. The molecule has 1 fully saturated rings. The lowest BCUT2D eigenvalue weighted by molar-refractivity contribution is -0.117. The summed E-state index contributed by atoms with van der Waals surface area (Å²) < 4.78 is 12.7. The Labute approximate surface area is 199 Å². The van der Waals surface area contributed by atoms with Crippen LogP contribution in [0.3, 0.4) is 0 Å². The highest BCUT2D eigenvalue weighted by molar-refractivity contribution is 6.07. The van der Waals surface area contributed by atoms with Crippen molar-refractivity contribution in [2.75, 3.05) is 46.5 Å². The Balaban J connectivity index is 1.58. The first-order valence-corrected chi connectivity index (χ1v) is 11.3. The van der Waals surface area contributed by atoms with Crippen molar-refractivity contribution in [1.82, 2.24) is 20.1 Å². The molecule has 8 heteroatoms. The first-order chi connectivity index (χ1) is 16.6. The second-order valence-corrected chi connectivity index (χ2v) is 8.13. The number of nitrogens with zero attached hydrogens (tertiary/aromatic N) is 2. The van der Waals surface area contributed by atoms with Crippen LogP contribution in [0.4, 0.5) is 0 Å². The lowest BCUT2D eigenvalue weighted by atomic mass is 10.1. The van der Waals surface area contributed by atoms with Crippen LogP contribution in [0.2, 0.25) is 0 Å². The number of aryl methyl sites for hydroxylation is 1. The Morgan fingerprint density at radius 2 is 1.82 bits per heavy atom. The average molecular weight is 463 g/mol. The van der Waals surface area contributed by atoms with Crippen LogP contribution in [0.15, 0.2) is 60.4 Å². The molecule has 0 saturated carbocycles. The lowest BCUT2D eigenvalue weighted by Crippen LogP contribution is -2.42. The molecule has 1 saturated heterocycles. The molecular weight excluding hydrogens is 432 g/mol. The fourth-order valence-corrected chi connectivity index (χ4v) is 4.07. The number of hydrogen-bond donors (Lipinski definition) is 2. The molecule has 0 radical (unpaired) electrons. The van der Waals surface area contributed by atoms with Gasteiger partial charge in [0.1, 0.15) is 11.4 Å². The zero-order valence-corrected chi connectivity index (χ0v) is 19.5. The number of hydrogen-bond acceptors (Lipinski definition) is 5. The van der Waals surface area contributed by atoms with E-state index in [9.17, 15) is 9.59 Å². The summed E-state index contributed by atoms with van der Waals surface area (Å²) in [6.45, 7) is 4.29. The zero-order chi connectivity index (χ0) is 23.9. The number of carbonyl (C=O) groups is 2. The van der Waals surface area contributed by atoms with Crippen LogP contribution in [0.5, 0.6) is 5.75 Å². The van der Waals surface area contributed by atoms with E-state index in [1.165, 1.54) is 7.11 Å². The van der Waals surface area contributed by atoms with Gasteiger partial charge >= 0.3 is 0 Å². The molecule has 1 aliphatic rings. The van der Waals surface area contributed by atoms with Crippen molar-refractivity contribution in [1.29, 1.82) is 0 Å². The summed E-state index contributed by atoms with van der Waals surface area (Å²) in [4.78, 5) is 28.5. The summed E-state index contributed by atoms with van der Waals surface area (Å²) in [5.74, 6) is -0.311. The third-order valence-corrected chi connectivity index (χ3v) is 5.89. The quantitative estimate of drug-likeness (QED) is 0.503. The predicted molar refractivity (Wildman–Crippen MR) is 132 cm³/mol. The summed E-state index contributed by atoms with van der Waals surface area (Å²) in [7, 11) is 3.46. The molecule has 1 aromatic heterocycles. The van der Waals surface area contributed by atoms with E-state index in [0.717, 1.165) is 36.1 Å². The maximum Gasteiger partial charge on any atom is 0.267 e. The third kappa shape index (κ3) is 5.47. The van der Waals surface area contributed by atoms with Gasteiger partial charge in [0.25, 0.3) is 11.8 Å². The van der Waals surface area contributed by atoms with E-state index in [4.69, 9.17) is 9.47 Å². The molecule has 0 unspecified atom stereocenters. The molecule has 0 spiro atoms. The van der Waals surface area contributed by atoms with Gasteiger partial charge in [0.2, 0.25) is 0 Å². The highest BCUT2D eigenvalue weighted by Gasteiger charge is 2.19. The number of benzene rings is 2. The predicted octanol–water partition coefficient (Wildman–Crippen LogP) is 2.41. The molecule has 0 bridgehead atoms. The molecule has 3 aromatic rings. The van der Waals surface area contributed by atoms with Gasteiger partial charge in [0.15, 0.2) is 0 Å². The van der Waals surface area contributed by atoms with E-state index in [-0.39, 0.29) is 11.6 Å². The van der Waals surface area contributed by atoms with Crippen LogP contribution in [0, 0.1) is 0 Å². The minimum absolute atomic E-state index is 0.175. The van der Waals surface area contributed by atoms with Crippen LogP contribution >= 0.6 is 0 Å². The second kappa shape index (κ2) is 11.0. The summed E-state index contributed by atoms with van der Waals surface area (Å²) in [6, 6.07) is 14.9. The fourth-order valence-electron chi connectivity index (χ4n) is 4.07. The minimum Gasteiger partial charge on any atom is -0.496 e. The Hall–Kier alpha value is -3.62. The van der Waals surface area contributed by atoms with E-state index in [1.54, 1.807) is 30.3 Å². The minimum atomic E-state index is -0.410. The van der Waals surface area contributed by atoms with Crippen molar-refractivity contribution in [2.45, 2.75) is 0 Å². The Kier molecular flexibility index (Phi) is 7.61. The van der Waals surface area contributed by atoms with E-state index in [1.807, 2.05) is 42.1 Å². The van der Waals surface area contributed by atoms with E-state index >= 15 is 0 Å². The Morgan fingerprint density at radius 3 is 2.62 bits per heavy atom. The molecule has 1 aliphatic heterocycles. The molecular formula is C26H30N4O4. The molecule has 178 valence electrons. The first-order valence-electron chi connectivity index (χ1n) is 11.3. The van der Waals surface area contributed by atoms with Crippen LogP contribution in [0.1, 0.15) is 15.9 Å². The van der Waals surface area contributed by atoms with Crippen molar-refractivity contribution in [2.24, 2.45) is 7.05 Å². The van der Waals surface area contributed by atoms with E-state index in [0.29, 0.717) is 31.1 Å². The molecule has 4 rings (SSSR count). The summed E-state index contributed by atoms with van der Waals surface area (Å²) >= 11 is 0. The van der Waals surface area contributed by atoms with E-state index < -0.39 is 5.91 Å². The van der Waals surface area contributed by atoms with Crippen LogP contribution < -0.4 is 15.4 Å². The van der Waals surface area contributed by atoms with Gasteiger partial charge in [-0.2, -0.15) is 0 Å². The van der Waals surface area contributed by atoms with Gasteiger partial charge in [-0.1, -0.05) is 30.3 Å². The standard InChI is InChI=1S/C26H30N4O4/c1-29-18-19(20-7-3-5-9-23(20)29)17-22(26(32)27-11-12-30-13-15-34-16-14-30)28-25(31)21-8-4-6-10-24(21)33-2/h3-10,17-18H,11-16H2,1-2H3,(H,27,32)(H,28,31). The van der Waals surface area contributed by atoms with Crippen molar-refractivity contribution < 1.29 is 19.1 Å². The number of aromatic nitrogens is 1. The van der Waals surface area contributed by atoms with Gasteiger partial charge in [-0.3, -0.25) is 14.5 Å². The number of ether oxygens (including phenoxy) is 2. The van der Waals surface area contributed by atoms with Crippen molar-refractivity contribution in [3.8, 4) is 5.75 Å². The zero-order valence-electron chi connectivity index (χ0n) is 19.5. The van der Waals surface area contributed by atoms with Gasteiger partial charge in [0, 0.05) is 55.9 Å². The molecule has 2 amide bonds. The Bertz CT molecular complexity index is 1190. The second-order valence-electron chi connectivity index (χ2n) is 8.13. The number of fused-ring (bicyclic) bond motifs is 1. The number of rotatable bonds is 8. The Morgan fingerprint density at radius 1 is 1.09 bits per heavy atom. The van der Waals surface area contributed by atoms with Gasteiger partial charge in [-0.25, -0.2) is 0 Å². The van der Waals surface area contributed by atoms with Gasteiger partial charge in [-0.05, 0) is 24.3 Å². The number of methoxy groups -OCH3 is 1.